The zero-order valence-electron chi connectivity index (χ0n) is 14.4. The number of carbonyl (C=O) groups is 2. The molecule has 1 fully saturated rings. The number of fused-ring (bicyclic) bond motifs is 1. The lowest BCUT2D eigenvalue weighted by Crippen LogP contribution is -2.63. The normalized spacial score (nSPS) is 25.8. The summed E-state index contributed by atoms with van der Waals surface area (Å²) in [5, 5.41) is 5.67. The Morgan fingerprint density at radius 2 is 2.00 bits per heavy atom. The second kappa shape index (κ2) is 6.59. The van der Waals surface area contributed by atoms with Crippen molar-refractivity contribution in [3.05, 3.63) is 36.5 Å². The highest BCUT2D eigenvalue weighted by molar-refractivity contribution is 7.88. The minimum atomic E-state index is -4.11. The number of sulfonamides is 1. The summed E-state index contributed by atoms with van der Waals surface area (Å²) in [5.41, 5.74) is 4.07. The monoisotopic (exact) mass is 398 g/mol. The Balaban J connectivity index is 2.25. The van der Waals surface area contributed by atoms with E-state index in [0.717, 1.165) is 11.8 Å². The number of para-hydroxylation sites is 1. The third kappa shape index (κ3) is 3.07. The van der Waals surface area contributed by atoms with Gasteiger partial charge >= 0.3 is 0 Å². The lowest BCUT2D eigenvalue weighted by Gasteiger charge is -2.40. The summed E-state index contributed by atoms with van der Waals surface area (Å²) < 4.78 is 44.0. The molecule has 0 radical (unpaired) electrons. The van der Waals surface area contributed by atoms with Crippen molar-refractivity contribution in [2.45, 2.75) is 24.9 Å². The molecule has 1 aromatic heterocycles. The van der Waals surface area contributed by atoms with Crippen LogP contribution in [-0.2, 0) is 30.0 Å². The van der Waals surface area contributed by atoms with Gasteiger partial charge in [-0.1, -0.05) is 18.2 Å². The number of alkyl halides is 1. The minimum Gasteiger partial charge on any atom is -0.366 e. The molecule has 1 aromatic carbocycles. The van der Waals surface area contributed by atoms with Gasteiger partial charge < -0.3 is 19.9 Å². The second-order valence-electron chi connectivity index (χ2n) is 6.35. The second-order valence-corrected chi connectivity index (χ2v) is 7.91. The Hall–Kier alpha value is -2.50. The van der Waals surface area contributed by atoms with Crippen LogP contribution >= 0.6 is 0 Å². The SMILES string of the molecule is CC(=O)N1CC(F)C(OCS(N)(=O)=O)C1(C(N)=O)n1ccc2ccccc21. The fourth-order valence-corrected chi connectivity index (χ4v) is 3.95. The van der Waals surface area contributed by atoms with Crippen LogP contribution < -0.4 is 10.9 Å². The summed E-state index contributed by atoms with van der Waals surface area (Å²) in [6.45, 7) is 0.679. The molecule has 2 heterocycles. The molecule has 11 heteroatoms. The number of carbonyl (C=O) groups excluding carboxylic acids is 2. The van der Waals surface area contributed by atoms with Crippen LogP contribution in [0.4, 0.5) is 4.39 Å². The van der Waals surface area contributed by atoms with Crippen molar-refractivity contribution in [1.82, 2.24) is 9.47 Å². The van der Waals surface area contributed by atoms with E-state index in [1.54, 1.807) is 30.3 Å². The first kappa shape index (κ1) is 19.3. The number of primary sulfonamides is 1. The van der Waals surface area contributed by atoms with Gasteiger partial charge in [0.15, 0.2) is 5.94 Å². The summed E-state index contributed by atoms with van der Waals surface area (Å²) >= 11 is 0. The first-order valence-electron chi connectivity index (χ1n) is 8.00. The first-order chi connectivity index (χ1) is 12.6. The van der Waals surface area contributed by atoms with Crippen molar-refractivity contribution in [3.8, 4) is 0 Å². The summed E-state index contributed by atoms with van der Waals surface area (Å²) in [6, 6.07) is 8.57. The fraction of sp³-hybridized carbons (Fsp3) is 0.375. The first-order valence-corrected chi connectivity index (χ1v) is 9.71. The van der Waals surface area contributed by atoms with E-state index in [4.69, 9.17) is 15.6 Å². The van der Waals surface area contributed by atoms with E-state index in [2.05, 4.69) is 0 Å². The van der Waals surface area contributed by atoms with Gasteiger partial charge in [-0.05, 0) is 17.5 Å². The number of primary amides is 1. The van der Waals surface area contributed by atoms with E-state index < -0.39 is 52.3 Å². The Morgan fingerprint density at radius 1 is 1.33 bits per heavy atom. The number of nitrogens with zero attached hydrogens (tertiary/aromatic N) is 2. The molecule has 2 amide bonds. The molecular weight excluding hydrogens is 379 g/mol. The minimum absolute atomic E-state index is 0.486. The molecule has 0 aliphatic carbocycles. The molecule has 3 unspecified atom stereocenters. The van der Waals surface area contributed by atoms with Crippen LogP contribution in [0.15, 0.2) is 36.5 Å². The number of aromatic nitrogens is 1. The van der Waals surface area contributed by atoms with Crippen LogP contribution in [0.2, 0.25) is 0 Å². The van der Waals surface area contributed by atoms with Crippen molar-refractivity contribution in [1.29, 1.82) is 0 Å². The lowest BCUT2D eigenvalue weighted by atomic mass is 10.0. The van der Waals surface area contributed by atoms with Crippen molar-refractivity contribution < 1.29 is 27.1 Å². The zero-order chi connectivity index (χ0) is 20.0. The number of benzene rings is 1. The standard InChI is InChI=1S/C16H19FN4O5S/c1-10(22)21-8-12(17)14(26-9-27(19,24)25)16(21,15(18)23)20-7-6-11-4-2-3-5-13(11)20/h2-7,12,14H,8-9H2,1H3,(H2,18,23)(H2,19,24,25). The summed E-state index contributed by atoms with van der Waals surface area (Å²) in [4.78, 5) is 25.8. The van der Waals surface area contributed by atoms with Crippen LogP contribution in [0.3, 0.4) is 0 Å². The number of hydrogen-bond donors (Lipinski definition) is 2. The summed E-state index contributed by atoms with van der Waals surface area (Å²) in [5.74, 6) is -2.70. The van der Waals surface area contributed by atoms with Gasteiger partial charge in [-0.3, -0.25) is 9.59 Å². The number of amides is 2. The maximum absolute atomic E-state index is 14.8. The van der Waals surface area contributed by atoms with E-state index in [1.165, 1.54) is 10.8 Å². The van der Waals surface area contributed by atoms with E-state index in [1.807, 2.05) is 0 Å². The van der Waals surface area contributed by atoms with Gasteiger partial charge in [0, 0.05) is 13.1 Å². The van der Waals surface area contributed by atoms with Gasteiger partial charge in [0.25, 0.3) is 5.91 Å². The molecule has 4 N–H and O–H groups in total. The zero-order valence-corrected chi connectivity index (χ0v) is 15.2. The fourth-order valence-electron chi connectivity index (χ4n) is 3.61. The number of ether oxygens (including phenoxy) is 1. The highest BCUT2D eigenvalue weighted by Crippen LogP contribution is 2.40. The van der Waals surface area contributed by atoms with Crippen molar-refractivity contribution >= 4 is 32.7 Å². The molecule has 0 spiro atoms. The van der Waals surface area contributed by atoms with Crippen LogP contribution in [0.5, 0.6) is 0 Å². The van der Waals surface area contributed by atoms with Gasteiger partial charge in [0.2, 0.25) is 21.6 Å². The van der Waals surface area contributed by atoms with Crippen LogP contribution in [0.1, 0.15) is 6.92 Å². The largest absolute Gasteiger partial charge is 0.366 e. The molecule has 0 bridgehead atoms. The highest BCUT2D eigenvalue weighted by atomic mass is 32.2. The number of nitrogens with two attached hydrogens (primary N) is 2. The molecule has 9 nitrogen and oxygen atoms in total. The Kier molecular flexibility index (Phi) is 4.70. The maximum Gasteiger partial charge on any atom is 0.267 e. The van der Waals surface area contributed by atoms with E-state index >= 15 is 0 Å². The molecular formula is C16H19FN4O5S. The molecule has 3 atom stereocenters. The van der Waals surface area contributed by atoms with Gasteiger partial charge in [0.05, 0.1) is 12.1 Å². The average Bonchev–Trinajstić information content (AvgIpc) is 3.11. The van der Waals surface area contributed by atoms with Crippen LogP contribution in [-0.4, -0.2) is 54.5 Å². The number of rotatable bonds is 5. The summed E-state index contributed by atoms with van der Waals surface area (Å²) in [6.07, 6.45) is -2.03. The van der Waals surface area contributed by atoms with Crippen molar-refractivity contribution in [3.63, 3.8) is 0 Å². The number of hydrogen-bond acceptors (Lipinski definition) is 5. The van der Waals surface area contributed by atoms with Gasteiger partial charge in [-0.2, -0.15) is 0 Å². The molecule has 1 aliphatic heterocycles. The lowest BCUT2D eigenvalue weighted by molar-refractivity contribution is -0.157. The predicted octanol–water partition coefficient (Wildman–Crippen LogP) is -0.389. The molecule has 0 saturated carbocycles. The third-order valence-electron chi connectivity index (χ3n) is 4.62. The van der Waals surface area contributed by atoms with E-state index in [-0.39, 0.29) is 0 Å². The Morgan fingerprint density at radius 3 is 2.59 bits per heavy atom. The van der Waals surface area contributed by atoms with E-state index in [0.29, 0.717) is 10.9 Å². The van der Waals surface area contributed by atoms with Crippen LogP contribution in [0, 0.1) is 0 Å². The molecule has 3 rings (SSSR count). The summed E-state index contributed by atoms with van der Waals surface area (Å²) in [7, 11) is -4.11. The van der Waals surface area contributed by atoms with Gasteiger partial charge in [0.1, 0.15) is 12.3 Å². The third-order valence-corrected chi connectivity index (χ3v) is 5.08. The van der Waals surface area contributed by atoms with Gasteiger partial charge in [-0.25, -0.2) is 17.9 Å². The van der Waals surface area contributed by atoms with Crippen molar-refractivity contribution in [2.24, 2.45) is 10.9 Å². The highest BCUT2D eigenvalue weighted by Gasteiger charge is 2.62. The molecule has 1 saturated heterocycles. The molecule has 1 aliphatic rings. The Bertz CT molecular complexity index is 1010. The maximum atomic E-state index is 14.8. The molecule has 146 valence electrons. The molecule has 2 aromatic rings. The van der Waals surface area contributed by atoms with Crippen molar-refractivity contribution in [2.75, 3.05) is 12.5 Å². The Labute approximate surface area is 154 Å². The van der Waals surface area contributed by atoms with Crippen LogP contribution in [0.25, 0.3) is 10.9 Å². The number of likely N-dealkylation sites (tertiary alicyclic amines) is 1. The number of halogens is 1. The predicted molar refractivity (Wildman–Crippen MR) is 94.2 cm³/mol. The van der Waals surface area contributed by atoms with E-state index in [9.17, 15) is 22.4 Å². The van der Waals surface area contributed by atoms with Gasteiger partial charge in [-0.15, -0.1) is 0 Å². The quantitative estimate of drug-likeness (QED) is 0.706. The topological polar surface area (TPSA) is 138 Å². The average molecular weight is 398 g/mol. The molecule has 27 heavy (non-hydrogen) atoms. The smallest absolute Gasteiger partial charge is 0.267 e.